The average Bonchev–Trinajstić information content (AvgIpc) is 2.15. The van der Waals surface area contributed by atoms with E-state index in [2.05, 4.69) is 15.9 Å². The minimum atomic E-state index is -4.20. The molecule has 0 aliphatic carbocycles. The van der Waals surface area contributed by atoms with Crippen LogP contribution in [0.2, 0.25) is 0 Å². The number of nitrogens with zero attached hydrogens (tertiary/aromatic N) is 1. The van der Waals surface area contributed by atoms with E-state index in [1.54, 1.807) is 0 Å². The number of carbonyl (C=O) groups excluding carboxylic acids is 1. The van der Waals surface area contributed by atoms with Gasteiger partial charge in [-0.05, 0) is 15.9 Å². The molecule has 17 heavy (non-hydrogen) atoms. The Labute approximate surface area is 104 Å². The molecule has 10 heteroatoms. The molecule has 0 atom stereocenters. The molecule has 4 N–H and O–H groups in total. The lowest BCUT2D eigenvalue weighted by atomic mass is 10.2. The number of hydrogen-bond acceptors (Lipinski definition) is 5. The fraction of sp³-hybridized carbons (Fsp3) is 0. The zero-order valence-electron chi connectivity index (χ0n) is 8.08. The Morgan fingerprint density at radius 1 is 1.41 bits per heavy atom. The standard InChI is InChI=1S/C7H6BrN3O5S/c8-6-4(7(9)12)1-3(11(13)14)2-5(6)17(10,15)16/h1-2H,(H2,9,12)(H2,10,15,16). The molecule has 0 aliphatic rings. The van der Waals surface area contributed by atoms with Gasteiger partial charge < -0.3 is 5.73 Å². The van der Waals surface area contributed by atoms with Crippen LogP contribution in [0.4, 0.5) is 5.69 Å². The molecule has 0 aliphatic heterocycles. The second-order valence-corrected chi connectivity index (χ2v) is 5.29. The molecule has 0 fully saturated rings. The molecule has 1 aromatic carbocycles. The first-order chi connectivity index (χ1) is 7.64. The number of nitrogens with two attached hydrogens (primary N) is 2. The van der Waals surface area contributed by atoms with Gasteiger partial charge in [-0.2, -0.15) is 0 Å². The Morgan fingerprint density at radius 3 is 2.29 bits per heavy atom. The van der Waals surface area contributed by atoms with E-state index in [0.29, 0.717) is 0 Å². The maximum absolute atomic E-state index is 11.2. The van der Waals surface area contributed by atoms with Crippen molar-refractivity contribution >= 4 is 37.5 Å². The molecule has 8 nitrogen and oxygen atoms in total. The van der Waals surface area contributed by atoms with Crippen molar-refractivity contribution in [3.8, 4) is 0 Å². The van der Waals surface area contributed by atoms with Crippen LogP contribution in [0, 0.1) is 10.1 Å². The van der Waals surface area contributed by atoms with Crippen LogP contribution in [0.1, 0.15) is 10.4 Å². The second kappa shape index (κ2) is 4.39. The zero-order chi connectivity index (χ0) is 13.4. The van der Waals surface area contributed by atoms with Gasteiger partial charge >= 0.3 is 0 Å². The third kappa shape index (κ3) is 2.78. The number of primary sulfonamides is 1. The van der Waals surface area contributed by atoms with Gasteiger partial charge in [0.25, 0.3) is 5.69 Å². The summed E-state index contributed by atoms with van der Waals surface area (Å²) in [6.07, 6.45) is 0. The van der Waals surface area contributed by atoms with Crippen molar-refractivity contribution in [3.63, 3.8) is 0 Å². The predicted molar refractivity (Wildman–Crippen MR) is 60.7 cm³/mol. The summed E-state index contributed by atoms with van der Waals surface area (Å²) >= 11 is 2.82. The highest BCUT2D eigenvalue weighted by molar-refractivity contribution is 9.10. The quantitative estimate of drug-likeness (QED) is 0.598. The lowest BCUT2D eigenvalue weighted by Gasteiger charge is -2.05. The third-order valence-electron chi connectivity index (χ3n) is 1.81. The van der Waals surface area contributed by atoms with Crippen LogP contribution < -0.4 is 10.9 Å². The zero-order valence-corrected chi connectivity index (χ0v) is 10.5. The maximum Gasteiger partial charge on any atom is 0.271 e. The molecule has 0 spiro atoms. The number of carbonyl (C=O) groups is 1. The number of hydrogen-bond donors (Lipinski definition) is 2. The first kappa shape index (κ1) is 13.5. The van der Waals surface area contributed by atoms with E-state index in [-0.39, 0.29) is 10.0 Å². The van der Waals surface area contributed by atoms with Gasteiger partial charge in [0.05, 0.1) is 15.0 Å². The fourth-order valence-corrected chi connectivity index (χ4v) is 2.82. The van der Waals surface area contributed by atoms with Gasteiger partial charge in [0.2, 0.25) is 15.9 Å². The minimum Gasteiger partial charge on any atom is -0.366 e. The monoisotopic (exact) mass is 323 g/mol. The van der Waals surface area contributed by atoms with Crippen LogP contribution in [0.5, 0.6) is 0 Å². The van der Waals surface area contributed by atoms with E-state index >= 15 is 0 Å². The van der Waals surface area contributed by atoms with E-state index < -0.39 is 31.4 Å². The first-order valence-corrected chi connectivity index (χ1v) is 6.29. The number of primary amides is 1. The van der Waals surface area contributed by atoms with Crippen LogP contribution in [-0.4, -0.2) is 19.2 Å². The van der Waals surface area contributed by atoms with E-state index in [1.165, 1.54) is 0 Å². The summed E-state index contributed by atoms with van der Waals surface area (Å²) in [5.74, 6) is -1.01. The molecule has 0 saturated carbocycles. The maximum atomic E-state index is 11.2. The number of benzene rings is 1. The lowest BCUT2D eigenvalue weighted by Crippen LogP contribution is -2.17. The normalized spacial score (nSPS) is 11.2. The van der Waals surface area contributed by atoms with E-state index in [9.17, 15) is 23.3 Å². The number of sulfonamides is 1. The summed E-state index contributed by atoms with van der Waals surface area (Å²) in [6, 6.07) is 1.60. The molecule has 0 heterocycles. The largest absolute Gasteiger partial charge is 0.366 e. The average molecular weight is 324 g/mol. The van der Waals surface area contributed by atoms with Crippen molar-refractivity contribution in [1.29, 1.82) is 0 Å². The van der Waals surface area contributed by atoms with Gasteiger partial charge in [0.1, 0.15) is 4.90 Å². The molecule has 0 aromatic heterocycles. The molecule has 0 bridgehead atoms. The Morgan fingerprint density at radius 2 is 1.94 bits per heavy atom. The second-order valence-electron chi connectivity index (χ2n) is 2.97. The van der Waals surface area contributed by atoms with Crippen molar-refractivity contribution in [2.45, 2.75) is 4.90 Å². The van der Waals surface area contributed by atoms with Crippen molar-refractivity contribution in [3.05, 3.63) is 32.3 Å². The van der Waals surface area contributed by atoms with Gasteiger partial charge in [-0.15, -0.1) is 0 Å². The molecule has 1 rings (SSSR count). The highest BCUT2D eigenvalue weighted by Crippen LogP contribution is 2.29. The minimum absolute atomic E-state index is 0.196. The molecule has 1 aromatic rings. The topological polar surface area (TPSA) is 146 Å². The van der Waals surface area contributed by atoms with E-state index in [4.69, 9.17) is 10.9 Å². The first-order valence-electron chi connectivity index (χ1n) is 3.95. The van der Waals surface area contributed by atoms with Gasteiger partial charge in [-0.3, -0.25) is 14.9 Å². The molecular formula is C7H6BrN3O5S. The SMILES string of the molecule is NC(=O)c1cc([N+](=O)[O-])cc(S(N)(=O)=O)c1Br. The molecule has 0 saturated heterocycles. The fourth-order valence-electron chi connectivity index (χ4n) is 1.08. The molecule has 1 amide bonds. The summed E-state index contributed by atoms with van der Waals surface area (Å²) in [7, 11) is -4.20. The Kier molecular flexibility index (Phi) is 3.50. The number of amides is 1. The molecular weight excluding hydrogens is 318 g/mol. The highest BCUT2D eigenvalue weighted by Gasteiger charge is 2.23. The van der Waals surface area contributed by atoms with Gasteiger partial charge in [-0.1, -0.05) is 0 Å². The van der Waals surface area contributed by atoms with Crippen molar-refractivity contribution in [2.24, 2.45) is 10.9 Å². The van der Waals surface area contributed by atoms with Gasteiger partial charge in [0.15, 0.2) is 0 Å². The number of nitro groups is 1. The van der Waals surface area contributed by atoms with Crippen molar-refractivity contribution in [2.75, 3.05) is 0 Å². The summed E-state index contributed by atoms with van der Waals surface area (Å²) in [6.45, 7) is 0. The molecule has 0 radical (unpaired) electrons. The lowest BCUT2D eigenvalue weighted by molar-refractivity contribution is -0.385. The summed E-state index contributed by atoms with van der Waals surface area (Å²) in [4.78, 5) is 20.2. The predicted octanol–water partition coefficient (Wildman–Crippen LogP) is 0.104. The van der Waals surface area contributed by atoms with Gasteiger partial charge in [-0.25, -0.2) is 13.6 Å². The van der Waals surface area contributed by atoms with Crippen LogP contribution in [0.15, 0.2) is 21.5 Å². The Bertz CT molecular complexity index is 612. The summed E-state index contributed by atoms with van der Waals surface area (Å²) < 4.78 is 22.2. The smallest absolute Gasteiger partial charge is 0.271 e. The molecule has 92 valence electrons. The summed E-state index contributed by atoms with van der Waals surface area (Å²) in [5, 5.41) is 15.4. The number of nitro benzene ring substituents is 1. The molecule has 0 unspecified atom stereocenters. The summed E-state index contributed by atoms with van der Waals surface area (Å²) in [5.41, 5.74) is 4.05. The van der Waals surface area contributed by atoms with Gasteiger partial charge in [0, 0.05) is 12.1 Å². The Hall–Kier alpha value is -1.52. The number of halogens is 1. The Balaban J connectivity index is 3.73. The van der Waals surface area contributed by atoms with Crippen molar-refractivity contribution < 1.29 is 18.1 Å². The van der Waals surface area contributed by atoms with Crippen molar-refractivity contribution in [1.82, 2.24) is 0 Å². The van der Waals surface area contributed by atoms with Crippen LogP contribution in [-0.2, 0) is 10.0 Å². The number of rotatable bonds is 3. The van der Waals surface area contributed by atoms with Crippen LogP contribution in [0.3, 0.4) is 0 Å². The highest BCUT2D eigenvalue weighted by atomic mass is 79.9. The van der Waals surface area contributed by atoms with E-state index in [0.717, 1.165) is 12.1 Å². The number of non-ortho nitro benzene ring substituents is 1. The third-order valence-corrected chi connectivity index (χ3v) is 3.86. The van der Waals surface area contributed by atoms with Crippen LogP contribution in [0.25, 0.3) is 0 Å². The van der Waals surface area contributed by atoms with Crippen LogP contribution >= 0.6 is 15.9 Å². The van der Waals surface area contributed by atoms with E-state index in [1.807, 2.05) is 0 Å².